The molecule has 0 amide bonds. The van der Waals surface area contributed by atoms with Crippen LogP contribution >= 0.6 is 0 Å². The van der Waals surface area contributed by atoms with Gasteiger partial charge in [0.15, 0.2) is 5.43 Å². The Labute approximate surface area is 88.5 Å². The molecule has 0 radical (unpaired) electrons. The molecule has 0 aliphatic rings. The molecule has 78 valence electrons. The minimum Gasteiger partial charge on any atom is -0.461 e. The summed E-state index contributed by atoms with van der Waals surface area (Å²) in [6.07, 6.45) is 0. The number of hydrogen-bond acceptors (Lipinski definition) is 2. The second kappa shape index (κ2) is 3.23. The summed E-state index contributed by atoms with van der Waals surface area (Å²) in [5, 5.41) is 0.682. The number of rotatable bonds is 0. The molecule has 0 bridgehead atoms. The molecule has 1 aromatic heterocycles. The summed E-state index contributed by atoms with van der Waals surface area (Å²) in [6.45, 7) is 7.63. The van der Waals surface area contributed by atoms with E-state index < -0.39 is 0 Å². The predicted molar refractivity (Wildman–Crippen MR) is 61.4 cm³/mol. The van der Waals surface area contributed by atoms with Crippen LogP contribution in [0.1, 0.15) is 22.5 Å². The van der Waals surface area contributed by atoms with Crippen molar-refractivity contribution in [2.45, 2.75) is 27.7 Å². The van der Waals surface area contributed by atoms with Crippen LogP contribution in [0, 0.1) is 27.7 Å². The maximum absolute atomic E-state index is 12.0. The molecule has 1 aromatic carbocycles. The van der Waals surface area contributed by atoms with E-state index in [1.165, 1.54) is 0 Å². The maximum atomic E-state index is 12.0. The van der Waals surface area contributed by atoms with E-state index in [1.807, 2.05) is 32.9 Å². The van der Waals surface area contributed by atoms with Gasteiger partial charge in [0.1, 0.15) is 11.3 Å². The Bertz CT molecular complexity index is 591. The molecule has 2 nitrogen and oxygen atoms in total. The molecular formula is C13H14O2. The Morgan fingerprint density at radius 3 is 2.33 bits per heavy atom. The number of benzene rings is 1. The van der Waals surface area contributed by atoms with Gasteiger partial charge in [0.2, 0.25) is 0 Å². The molecule has 0 atom stereocenters. The lowest BCUT2D eigenvalue weighted by atomic mass is 10.0. The van der Waals surface area contributed by atoms with Gasteiger partial charge < -0.3 is 4.42 Å². The van der Waals surface area contributed by atoms with Crippen molar-refractivity contribution in [1.29, 1.82) is 0 Å². The SMILES string of the molecule is Cc1ccc2c(=O)c(C)c(C)oc2c1C. The first-order chi connectivity index (χ1) is 7.02. The first-order valence-electron chi connectivity index (χ1n) is 5.02. The van der Waals surface area contributed by atoms with Gasteiger partial charge in [-0.25, -0.2) is 0 Å². The van der Waals surface area contributed by atoms with Crippen LogP contribution in [0.3, 0.4) is 0 Å². The van der Waals surface area contributed by atoms with E-state index in [9.17, 15) is 4.79 Å². The molecule has 2 rings (SSSR count). The summed E-state index contributed by atoms with van der Waals surface area (Å²) < 4.78 is 5.68. The van der Waals surface area contributed by atoms with Gasteiger partial charge in [-0.15, -0.1) is 0 Å². The second-order valence-electron chi connectivity index (χ2n) is 4.00. The quantitative estimate of drug-likeness (QED) is 0.657. The minimum absolute atomic E-state index is 0.0804. The van der Waals surface area contributed by atoms with E-state index in [0.717, 1.165) is 16.7 Å². The normalized spacial score (nSPS) is 10.9. The van der Waals surface area contributed by atoms with Crippen molar-refractivity contribution in [3.05, 3.63) is 44.8 Å². The first-order valence-corrected chi connectivity index (χ1v) is 5.02. The smallest absolute Gasteiger partial charge is 0.195 e. The van der Waals surface area contributed by atoms with E-state index in [1.54, 1.807) is 6.92 Å². The lowest BCUT2D eigenvalue weighted by molar-refractivity contribution is 0.556. The summed E-state index contributed by atoms with van der Waals surface area (Å²) in [7, 11) is 0. The Morgan fingerprint density at radius 2 is 1.67 bits per heavy atom. The lowest BCUT2D eigenvalue weighted by Gasteiger charge is -2.06. The van der Waals surface area contributed by atoms with Crippen molar-refractivity contribution in [1.82, 2.24) is 0 Å². The van der Waals surface area contributed by atoms with Gasteiger partial charge >= 0.3 is 0 Å². The second-order valence-corrected chi connectivity index (χ2v) is 4.00. The summed E-state index contributed by atoms with van der Waals surface area (Å²) in [4.78, 5) is 12.0. The van der Waals surface area contributed by atoms with Crippen LogP contribution in [0.5, 0.6) is 0 Å². The van der Waals surface area contributed by atoms with E-state index in [4.69, 9.17) is 4.42 Å². The standard InChI is InChI=1S/C13H14O2/c1-7-5-6-11-12(14)9(3)10(4)15-13(11)8(7)2/h5-6H,1-4H3. The van der Waals surface area contributed by atoms with Gasteiger partial charge in [0.05, 0.1) is 5.39 Å². The third-order valence-corrected chi connectivity index (χ3v) is 3.05. The van der Waals surface area contributed by atoms with Crippen LogP contribution in [0.2, 0.25) is 0 Å². The van der Waals surface area contributed by atoms with Gasteiger partial charge in [-0.05, 0) is 44.9 Å². The number of fused-ring (bicyclic) bond motifs is 1. The monoisotopic (exact) mass is 202 g/mol. The summed E-state index contributed by atoms with van der Waals surface area (Å²) >= 11 is 0. The van der Waals surface area contributed by atoms with Gasteiger partial charge in [-0.1, -0.05) is 6.07 Å². The molecule has 15 heavy (non-hydrogen) atoms. The van der Waals surface area contributed by atoms with Crippen LogP contribution in [0.4, 0.5) is 0 Å². The third-order valence-electron chi connectivity index (χ3n) is 3.05. The van der Waals surface area contributed by atoms with Crippen molar-refractivity contribution < 1.29 is 4.42 Å². The highest BCUT2D eigenvalue weighted by Gasteiger charge is 2.10. The van der Waals surface area contributed by atoms with Crippen LogP contribution in [0.15, 0.2) is 21.3 Å². The topological polar surface area (TPSA) is 30.2 Å². The Balaban J connectivity index is 3.06. The number of aryl methyl sites for hydroxylation is 3. The lowest BCUT2D eigenvalue weighted by Crippen LogP contribution is -2.08. The van der Waals surface area contributed by atoms with Gasteiger partial charge in [0.25, 0.3) is 0 Å². The van der Waals surface area contributed by atoms with Crippen LogP contribution < -0.4 is 5.43 Å². The highest BCUT2D eigenvalue weighted by Crippen LogP contribution is 2.21. The molecule has 0 aliphatic carbocycles. The molecule has 0 spiro atoms. The predicted octanol–water partition coefficient (Wildman–Crippen LogP) is 3.03. The fourth-order valence-electron chi connectivity index (χ4n) is 1.69. The molecular weight excluding hydrogens is 188 g/mol. The highest BCUT2D eigenvalue weighted by atomic mass is 16.3. The zero-order valence-corrected chi connectivity index (χ0v) is 9.47. The van der Waals surface area contributed by atoms with Crippen molar-refractivity contribution >= 4 is 11.0 Å². The molecule has 2 heteroatoms. The number of hydrogen-bond donors (Lipinski definition) is 0. The van der Waals surface area contributed by atoms with Gasteiger partial charge in [0, 0.05) is 5.56 Å². The molecule has 0 unspecified atom stereocenters. The highest BCUT2D eigenvalue weighted by molar-refractivity contribution is 5.81. The van der Waals surface area contributed by atoms with Crippen molar-refractivity contribution in [3.63, 3.8) is 0 Å². The average molecular weight is 202 g/mol. The first kappa shape index (κ1) is 9.97. The molecule has 0 N–H and O–H groups in total. The zero-order valence-electron chi connectivity index (χ0n) is 9.47. The average Bonchev–Trinajstić information content (AvgIpc) is 2.21. The molecule has 0 saturated heterocycles. The maximum Gasteiger partial charge on any atom is 0.195 e. The van der Waals surface area contributed by atoms with Gasteiger partial charge in [-0.3, -0.25) is 4.79 Å². The van der Waals surface area contributed by atoms with Crippen molar-refractivity contribution in [3.8, 4) is 0 Å². The van der Waals surface area contributed by atoms with E-state index in [2.05, 4.69) is 0 Å². The minimum atomic E-state index is 0.0804. The molecule has 2 aromatic rings. The molecule has 0 fully saturated rings. The van der Waals surface area contributed by atoms with Gasteiger partial charge in [-0.2, -0.15) is 0 Å². The summed E-state index contributed by atoms with van der Waals surface area (Å²) in [5.41, 5.74) is 3.70. The summed E-state index contributed by atoms with van der Waals surface area (Å²) in [5.74, 6) is 0.709. The van der Waals surface area contributed by atoms with Crippen molar-refractivity contribution in [2.75, 3.05) is 0 Å². The fourth-order valence-corrected chi connectivity index (χ4v) is 1.69. The third kappa shape index (κ3) is 1.37. The van der Waals surface area contributed by atoms with E-state index in [-0.39, 0.29) is 5.43 Å². The molecule has 1 heterocycles. The Morgan fingerprint density at radius 1 is 1.00 bits per heavy atom. The Hall–Kier alpha value is -1.57. The van der Waals surface area contributed by atoms with E-state index in [0.29, 0.717) is 16.7 Å². The largest absolute Gasteiger partial charge is 0.461 e. The van der Waals surface area contributed by atoms with Crippen LogP contribution in [-0.2, 0) is 0 Å². The Kier molecular flexibility index (Phi) is 2.14. The summed E-state index contributed by atoms with van der Waals surface area (Å²) in [6, 6.07) is 3.80. The molecule has 0 aliphatic heterocycles. The van der Waals surface area contributed by atoms with Crippen LogP contribution in [0.25, 0.3) is 11.0 Å². The van der Waals surface area contributed by atoms with Crippen molar-refractivity contribution in [2.24, 2.45) is 0 Å². The fraction of sp³-hybridized carbons (Fsp3) is 0.308. The van der Waals surface area contributed by atoms with E-state index >= 15 is 0 Å². The zero-order chi connectivity index (χ0) is 11.2. The van der Waals surface area contributed by atoms with Crippen LogP contribution in [-0.4, -0.2) is 0 Å². The molecule has 0 saturated carbocycles.